The SMILES string of the molecule is Nc1cc(C(F)F)nc(S(N)(=O)=O)c1Cl. The quantitative estimate of drug-likeness (QED) is 0.822. The van der Waals surface area contributed by atoms with Crippen molar-refractivity contribution in [3.8, 4) is 0 Å². The predicted octanol–water partition coefficient (Wildman–Crippen LogP) is 0.902. The Morgan fingerprint density at radius 3 is 2.40 bits per heavy atom. The maximum Gasteiger partial charge on any atom is 0.280 e. The normalized spacial score (nSPS) is 12.1. The first-order valence-corrected chi connectivity index (χ1v) is 5.42. The summed E-state index contributed by atoms with van der Waals surface area (Å²) in [5.74, 6) is 0. The molecule has 1 aromatic heterocycles. The molecule has 0 amide bonds. The Morgan fingerprint density at radius 1 is 1.47 bits per heavy atom. The van der Waals surface area contributed by atoms with Gasteiger partial charge in [-0.05, 0) is 6.07 Å². The number of anilines is 1. The molecule has 0 bridgehead atoms. The Hall–Kier alpha value is -0.990. The number of aromatic nitrogens is 1. The number of hydrogen-bond acceptors (Lipinski definition) is 4. The maximum atomic E-state index is 12.3. The highest BCUT2D eigenvalue weighted by atomic mass is 35.5. The van der Waals surface area contributed by atoms with Crippen molar-refractivity contribution in [3.05, 3.63) is 16.8 Å². The van der Waals surface area contributed by atoms with Gasteiger partial charge in [-0.25, -0.2) is 27.3 Å². The molecule has 84 valence electrons. The first-order valence-electron chi connectivity index (χ1n) is 3.50. The third-order valence-electron chi connectivity index (χ3n) is 1.47. The van der Waals surface area contributed by atoms with Gasteiger partial charge >= 0.3 is 0 Å². The molecule has 1 heterocycles. The lowest BCUT2D eigenvalue weighted by atomic mass is 10.3. The summed E-state index contributed by atoms with van der Waals surface area (Å²) in [7, 11) is -4.27. The van der Waals surface area contributed by atoms with E-state index in [1.165, 1.54) is 0 Å². The smallest absolute Gasteiger partial charge is 0.280 e. The van der Waals surface area contributed by atoms with Crippen molar-refractivity contribution >= 4 is 27.3 Å². The zero-order valence-electron chi connectivity index (χ0n) is 7.12. The van der Waals surface area contributed by atoms with E-state index in [1.54, 1.807) is 0 Å². The Labute approximate surface area is 89.1 Å². The second kappa shape index (κ2) is 3.87. The second-order valence-electron chi connectivity index (χ2n) is 2.60. The van der Waals surface area contributed by atoms with Crippen LogP contribution in [0.2, 0.25) is 5.02 Å². The van der Waals surface area contributed by atoms with Crippen molar-refractivity contribution < 1.29 is 17.2 Å². The molecule has 5 nitrogen and oxygen atoms in total. The number of nitrogen functional groups attached to an aromatic ring is 1. The molecule has 0 spiro atoms. The van der Waals surface area contributed by atoms with E-state index < -0.39 is 32.2 Å². The van der Waals surface area contributed by atoms with E-state index in [0.717, 1.165) is 6.07 Å². The number of nitrogens with zero attached hydrogens (tertiary/aromatic N) is 1. The molecule has 0 aliphatic heterocycles. The average Bonchev–Trinajstić information content (AvgIpc) is 2.06. The molecule has 0 saturated heterocycles. The number of alkyl halides is 2. The van der Waals surface area contributed by atoms with Gasteiger partial charge < -0.3 is 5.73 Å². The molecular weight excluding hydrogens is 252 g/mol. The topological polar surface area (TPSA) is 99.1 Å². The van der Waals surface area contributed by atoms with E-state index >= 15 is 0 Å². The Bertz CT molecular complexity index is 491. The lowest BCUT2D eigenvalue weighted by Crippen LogP contribution is -2.16. The summed E-state index contributed by atoms with van der Waals surface area (Å²) >= 11 is 5.46. The van der Waals surface area contributed by atoms with Crippen LogP contribution < -0.4 is 10.9 Å². The molecule has 0 aromatic carbocycles. The van der Waals surface area contributed by atoms with Gasteiger partial charge in [-0.15, -0.1) is 0 Å². The summed E-state index contributed by atoms with van der Waals surface area (Å²) in [5, 5.41) is 3.42. The van der Waals surface area contributed by atoms with Crippen molar-refractivity contribution in [3.63, 3.8) is 0 Å². The largest absolute Gasteiger partial charge is 0.397 e. The number of sulfonamides is 1. The molecule has 0 unspecified atom stereocenters. The Balaban J connectivity index is 3.52. The van der Waals surface area contributed by atoms with Crippen LogP contribution >= 0.6 is 11.6 Å². The number of primary sulfonamides is 1. The van der Waals surface area contributed by atoms with Crippen molar-refractivity contribution in [1.29, 1.82) is 0 Å². The van der Waals surface area contributed by atoms with Crippen LogP contribution in [0.25, 0.3) is 0 Å². The maximum absolute atomic E-state index is 12.3. The van der Waals surface area contributed by atoms with E-state index in [1.807, 2.05) is 0 Å². The summed E-state index contributed by atoms with van der Waals surface area (Å²) in [6, 6.07) is 0.793. The van der Waals surface area contributed by atoms with Gasteiger partial charge in [-0.1, -0.05) is 11.6 Å². The molecule has 0 atom stereocenters. The minimum absolute atomic E-state index is 0.314. The molecule has 0 aliphatic carbocycles. The van der Waals surface area contributed by atoms with Gasteiger partial charge in [0.05, 0.1) is 5.69 Å². The van der Waals surface area contributed by atoms with Crippen LogP contribution in [-0.4, -0.2) is 13.4 Å². The van der Waals surface area contributed by atoms with Crippen LogP contribution in [-0.2, 0) is 10.0 Å². The number of rotatable bonds is 2. The molecule has 0 radical (unpaired) electrons. The molecule has 15 heavy (non-hydrogen) atoms. The fraction of sp³-hybridized carbons (Fsp3) is 0.167. The van der Waals surface area contributed by atoms with E-state index in [0.29, 0.717) is 0 Å². The van der Waals surface area contributed by atoms with Crippen molar-refractivity contribution in [2.75, 3.05) is 5.73 Å². The van der Waals surface area contributed by atoms with Gasteiger partial charge in [0.2, 0.25) is 0 Å². The molecule has 9 heteroatoms. The highest BCUT2D eigenvalue weighted by Gasteiger charge is 2.21. The first-order chi connectivity index (χ1) is 6.73. The van der Waals surface area contributed by atoms with Gasteiger partial charge in [-0.3, -0.25) is 0 Å². The van der Waals surface area contributed by atoms with Crippen LogP contribution in [0.3, 0.4) is 0 Å². The highest BCUT2D eigenvalue weighted by molar-refractivity contribution is 7.89. The minimum Gasteiger partial charge on any atom is -0.397 e. The molecule has 1 aromatic rings. The van der Waals surface area contributed by atoms with Gasteiger partial charge in [0.15, 0.2) is 5.03 Å². The number of nitrogens with two attached hydrogens (primary N) is 2. The first kappa shape index (κ1) is 12.1. The van der Waals surface area contributed by atoms with E-state index in [-0.39, 0.29) is 5.69 Å². The fourth-order valence-corrected chi connectivity index (χ4v) is 1.86. The van der Waals surface area contributed by atoms with Gasteiger partial charge in [0.1, 0.15) is 10.7 Å². The zero-order valence-corrected chi connectivity index (χ0v) is 8.69. The van der Waals surface area contributed by atoms with Crippen LogP contribution in [0.5, 0.6) is 0 Å². The predicted molar refractivity (Wildman–Crippen MR) is 50.0 cm³/mol. The molecule has 1 rings (SSSR count). The van der Waals surface area contributed by atoms with Gasteiger partial charge in [0.25, 0.3) is 16.4 Å². The van der Waals surface area contributed by atoms with E-state index in [2.05, 4.69) is 4.98 Å². The minimum atomic E-state index is -4.27. The van der Waals surface area contributed by atoms with E-state index in [9.17, 15) is 17.2 Å². The highest BCUT2D eigenvalue weighted by Crippen LogP contribution is 2.29. The lowest BCUT2D eigenvalue weighted by molar-refractivity contribution is 0.145. The second-order valence-corrected chi connectivity index (χ2v) is 4.46. The third kappa shape index (κ3) is 2.52. The monoisotopic (exact) mass is 257 g/mol. The fourth-order valence-electron chi connectivity index (χ4n) is 0.845. The van der Waals surface area contributed by atoms with Crippen LogP contribution in [0.1, 0.15) is 12.1 Å². The summed E-state index contributed by atoms with van der Waals surface area (Å²) in [5.41, 5.74) is 4.13. The number of halogens is 3. The summed E-state index contributed by atoms with van der Waals surface area (Å²) < 4.78 is 46.3. The molecule has 0 aliphatic rings. The zero-order chi connectivity index (χ0) is 11.8. The van der Waals surface area contributed by atoms with Gasteiger partial charge in [0, 0.05) is 0 Å². The van der Waals surface area contributed by atoms with Crippen molar-refractivity contribution in [2.45, 2.75) is 11.5 Å². The molecular formula is C6H6ClF2N3O2S. The summed E-state index contributed by atoms with van der Waals surface area (Å²) in [4.78, 5) is 3.13. The van der Waals surface area contributed by atoms with Crippen LogP contribution in [0.15, 0.2) is 11.1 Å². The molecule has 0 fully saturated rings. The van der Waals surface area contributed by atoms with E-state index in [4.69, 9.17) is 22.5 Å². The van der Waals surface area contributed by atoms with Crippen LogP contribution in [0.4, 0.5) is 14.5 Å². The molecule has 0 saturated carbocycles. The summed E-state index contributed by atoms with van der Waals surface area (Å²) in [6.45, 7) is 0. The number of pyridine rings is 1. The van der Waals surface area contributed by atoms with Crippen molar-refractivity contribution in [2.24, 2.45) is 5.14 Å². The molecule has 4 N–H and O–H groups in total. The van der Waals surface area contributed by atoms with Crippen molar-refractivity contribution in [1.82, 2.24) is 4.98 Å². The Morgan fingerprint density at radius 2 is 2.00 bits per heavy atom. The Kier molecular flexibility index (Phi) is 3.12. The van der Waals surface area contributed by atoms with Crippen LogP contribution in [0, 0.1) is 0 Å². The summed E-state index contributed by atoms with van der Waals surface area (Å²) in [6.07, 6.45) is -2.95. The lowest BCUT2D eigenvalue weighted by Gasteiger charge is -2.06. The van der Waals surface area contributed by atoms with Gasteiger partial charge in [-0.2, -0.15) is 0 Å². The average molecular weight is 258 g/mol. The number of hydrogen-bond donors (Lipinski definition) is 2. The third-order valence-corrected chi connectivity index (χ3v) is 2.81. The standard InChI is InChI=1S/C6H6ClF2N3O2S/c7-4-2(10)1-3(5(8)9)12-6(4)15(11,13)14/h1,5H,(H2,10,12)(H2,11,13,14).